The fourth-order valence-electron chi connectivity index (χ4n) is 3.21. The van der Waals surface area contributed by atoms with Crippen molar-refractivity contribution in [3.05, 3.63) is 71.9 Å². The predicted molar refractivity (Wildman–Crippen MR) is 135 cm³/mol. The van der Waals surface area contributed by atoms with E-state index < -0.39 is 23.9 Å². The smallest absolute Gasteiger partial charge is 0.328 e. The molecule has 0 aliphatic rings. The van der Waals surface area contributed by atoms with E-state index in [1.165, 1.54) is 22.9 Å². The van der Waals surface area contributed by atoms with E-state index >= 15 is 0 Å². The van der Waals surface area contributed by atoms with Gasteiger partial charge in [0.2, 0.25) is 5.91 Å². The van der Waals surface area contributed by atoms with Gasteiger partial charge in [-0.2, -0.15) is 6.41 Å². The second kappa shape index (κ2) is 15.7. The van der Waals surface area contributed by atoms with Gasteiger partial charge in [-0.3, -0.25) is 9.59 Å². The average Bonchev–Trinajstić information content (AvgIpc) is 3.25. The second-order valence-electron chi connectivity index (χ2n) is 8.26. The molecule has 1 unspecified atom stereocenters. The first-order valence-electron chi connectivity index (χ1n) is 11.6. The third-order valence-corrected chi connectivity index (χ3v) is 4.97. The van der Waals surface area contributed by atoms with E-state index in [0.717, 1.165) is 5.56 Å². The Morgan fingerprint density at radius 1 is 1.03 bits per heavy atom. The number of benzene rings is 2. The van der Waals surface area contributed by atoms with Crippen LogP contribution in [0.4, 0.5) is 0 Å². The van der Waals surface area contributed by atoms with Gasteiger partial charge in [0.1, 0.15) is 12.6 Å². The Morgan fingerprint density at radius 3 is 2.35 bits per heavy atom. The molecule has 0 aliphatic carbocycles. The molecular weight excluding hydrogens is 719 g/mol. The molecule has 0 saturated carbocycles. The Hall–Kier alpha value is -5.14. The number of hydrogen-bond acceptors (Lipinski definition) is 6. The van der Waals surface area contributed by atoms with Crippen molar-refractivity contribution in [1.29, 1.82) is 0 Å². The van der Waals surface area contributed by atoms with Crippen LogP contribution < -0.4 is 10.6 Å². The van der Waals surface area contributed by atoms with E-state index in [1.807, 2.05) is 42.6 Å². The summed E-state index contributed by atoms with van der Waals surface area (Å²) in [6.45, 7) is 5.26. The van der Waals surface area contributed by atoms with E-state index in [0.29, 0.717) is 0 Å². The number of para-hydroxylation sites is 1. The Balaban J connectivity index is 0.000000513. The molecule has 1 heterocycles. The molecule has 0 aliphatic heterocycles. The van der Waals surface area contributed by atoms with Gasteiger partial charge >= 0.3 is 11.9 Å². The first-order chi connectivity index (χ1) is 17.3. The molecule has 10 heteroatoms. The van der Waals surface area contributed by atoms with Crippen LogP contribution in [0.3, 0.4) is 0 Å². The quantitative estimate of drug-likeness (QED) is 0.157. The molecule has 3 N–H and O–H groups in total. The van der Waals surface area contributed by atoms with Gasteiger partial charge < -0.3 is 29.9 Å². The minimum Gasteiger partial charge on any atom is -0.522 e. The van der Waals surface area contributed by atoms with Gasteiger partial charge in [0.25, 0.3) is 0 Å². The van der Waals surface area contributed by atoms with Crippen molar-refractivity contribution >= 4 is 35.2 Å². The monoisotopic (exact) mass is 751 g/mol. The molecule has 0 radical (unpaired) electrons. The molecule has 0 saturated heterocycles. The third kappa shape index (κ3) is 10.8. The van der Waals surface area contributed by atoms with Gasteiger partial charge in [0.15, 0.2) is 0 Å². The molecule has 204 valence electrons. The minimum absolute atomic E-state index is 0. The van der Waals surface area contributed by atoms with Crippen molar-refractivity contribution in [2.24, 2.45) is 0 Å². The maximum Gasteiger partial charge on any atom is 0.328 e. The van der Waals surface area contributed by atoms with Gasteiger partial charge in [-0.1, -0.05) is 48.5 Å². The number of aryl methyl sites for hydroxylation is 1. The summed E-state index contributed by atoms with van der Waals surface area (Å²) in [5.74, 6) is -1.74. The fraction of sp³-hybridized carbons (Fsp3) is 0.333. The maximum absolute atomic E-state index is 12.1. The normalized spacial score (nSPS) is 10.8. The zero-order valence-corrected chi connectivity index (χ0v) is 23.4. The number of amides is 2. The summed E-state index contributed by atoms with van der Waals surface area (Å²) >= 11 is 0. The largest absolute Gasteiger partial charge is 0.522 e. The van der Waals surface area contributed by atoms with Gasteiger partial charge in [0, 0.05) is 23.5 Å². The van der Waals surface area contributed by atoms with Crippen molar-refractivity contribution in [2.75, 3.05) is 6.54 Å². The van der Waals surface area contributed by atoms with Gasteiger partial charge in [-0.05, 0) is 44.4 Å². The number of fused-ring (bicyclic) bond motifs is 1. The molecule has 3 aromatic rings. The van der Waals surface area contributed by atoms with Gasteiger partial charge in [-0.15, -0.1) is 0 Å². The summed E-state index contributed by atoms with van der Waals surface area (Å²) in [4.78, 5) is 48.9. The Bertz CT molecular complexity index is 1130. The van der Waals surface area contributed by atoms with Crippen LogP contribution in [0.15, 0.2) is 60.8 Å². The molecule has 1 aromatic heterocycles. The van der Waals surface area contributed by atoms with Crippen LogP contribution in [0.2, 0.25) is 0 Å². The second-order valence-corrected chi connectivity index (χ2v) is 8.26. The van der Waals surface area contributed by atoms with E-state index in [2.05, 4.69) is 40.7 Å². The summed E-state index contributed by atoms with van der Waals surface area (Å²) in [5.41, 5.74) is 3.39. The summed E-state index contributed by atoms with van der Waals surface area (Å²) in [6.07, 6.45) is 2.98. The number of carbonyl (C=O) groups is 3. The van der Waals surface area contributed by atoms with E-state index in [9.17, 15) is 19.2 Å². The van der Waals surface area contributed by atoms with Gasteiger partial charge in [-0.25, -0.2) is 4.79 Å². The summed E-state index contributed by atoms with van der Waals surface area (Å²) in [7, 11) is 0. The molecule has 2 amide bonds. The number of ether oxygens (including phenoxy) is 2. The summed E-state index contributed by atoms with van der Waals surface area (Å²) < 4.78 is 10.2. The van der Waals surface area contributed by atoms with Crippen LogP contribution in [0, 0.1) is 6.92 Å². The number of carbonyl (C=O) groups excluding carboxylic acids is 4. The first kappa shape index (κ1) is 29.9. The van der Waals surface area contributed by atoms with Crippen molar-refractivity contribution in [2.45, 2.75) is 52.4 Å². The summed E-state index contributed by atoms with van der Waals surface area (Å²) in [5, 5.41) is 5.82. The van der Waals surface area contributed by atoms with E-state index in [1.54, 1.807) is 13.8 Å². The van der Waals surface area contributed by atoms with Crippen molar-refractivity contribution in [1.82, 2.24) is 15.6 Å². The Kier molecular flexibility index (Phi) is 12.7. The third-order valence-electron chi connectivity index (χ3n) is 4.97. The molecule has 3 rings (SSSR count). The number of H-pyrrole nitrogens is 1. The van der Waals surface area contributed by atoms with Crippen LogP contribution in [-0.4, -0.2) is 47.9 Å². The van der Waals surface area contributed by atoms with Crippen LogP contribution >= 0.6 is 0 Å². The Labute approximate surface area is 210 Å². The standard InChI is InChI=1S/C18H23N2O6.C9H9N.Fm/c1-13(2)26-18(24)15(20-16(22)10-19-12-21)8-9-17(23)25-11-14-6-4-3-5-7-14;1-7-6-10-9-5-3-2-4-8(7)9;/h3-7,13,15H,8-11H2,1-2H3,(H,19,21)(H,20,22);2-6,10H,1H3;/q-1;;. The minimum atomic E-state index is -1.01. The molecule has 0 spiro atoms. The number of hydrogen-bond donors (Lipinski definition) is 3. The average molecular weight is 752 g/mol. The molecule has 1 atom stereocenters. The maximum atomic E-state index is 12.1. The topological polar surface area (TPSA) is 127 Å². The predicted octanol–water partition coefficient (Wildman–Crippen LogP) is 3.08. The number of esters is 2. The van der Waals surface area contributed by atoms with E-state index in [-0.39, 0.29) is 32.1 Å². The zero-order chi connectivity index (χ0) is 26.3. The number of aromatic amines is 1. The number of aromatic nitrogens is 1. The molecule has 0 fully saturated rings. The van der Waals surface area contributed by atoms with Crippen LogP contribution in [0.25, 0.3) is 10.9 Å². The van der Waals surface area contributed by atoms with E-state index in [4.69, 9.17) is 9.47 Å². The van der Waals surface area contributed by atoms with Crippen LogP contribution in [0.1, 0.15) is 37.8 Å². The number of nitrogens with one attached hydrogen (secondary N) is 3. The van der Waals surface area contributed by atoms with Crippen LogP contribution in [0.5, 0.6) is 0 Å². The van der Waals surface area contributed by atoms with Crippen LogP contribution in [-0.2, 0) is 35.3 Å². The molecular formula is C27H32FmN3O6-. The Morgan fingerprint density at radius 2 is 1.70 bits per heavy atom. The molecule has 9 nitrogen and oxygen atoms in total. The fourth-order valence-corrected chi connectivity index (χ4v) is 3.21. The van der Waals surface area contributed by atoms with Crippen molar-refractivity contribution in [3.8, 4) is 0 Å². The van der Waals surface area contributed by atoms with Crippen molar-refractivity contribution < 1.29 is 28.7 Å². The first-order valence-corrected chi connectivity index (χ1v) is 11.6. The van der Waals surface area contributed by atoms with Gasteiger partial charge in [0.05, 0.1) is 12.6 Å². The number of rotatable bonds is 11. The van der Waals surface area contributed by atoms with Crippen molar-refractivity contribution in [3.63, 3.8) is 0 Å². The molecule has 2 aromatic carbocycles. The summed E-state index contributed by atoms with van der Waals surface area (Å²) in [6, 6.07) is 16.5. The molecule has 37 heavy (non-hydrogen) atoms. The molecule has 0 bridgehead atoms. The SMILES string of the molecule is CC(C)OC(=O)C(CCC(=O)OCc1ccccc1)NC(=O)CN[C-]=O.Cc1c[nH]c2ccccc12.[Fm]. The zero-order valence-electron chi connectivity index (χ0n) is 21.0.